The normalized spacial score (nSPS) is 15.7. The van der Waals surface area contributed by atoms with Crippen molar-refractivity contribution in [2.24, 2.45) is 5.92 Å². The molecule has 15 heavy (non-hydrogen) atoms. The lowest BCUT2D eigenvalue weighted by atomic mass is 10.5. The molecule has 0 radical (unpaired) electrons. The van der Waals surface area contributed by atoms with Crippen LogP contribution in [0, 0.1) is 5.92 Å². The lowest BCUT2D eigenvalue weighted by Crippen LogP contribution is -2.08. The molecule has 0 aliphatic heterocycles. The molecule has 6 heteroatoms. The monoisotopic (exact) mass is 205 g/mol. The molecule has 1 saturated carbocycles. The van der Waals surface area contributed by atoms with Gasteiger partial charge in [-0.05, 0) is 18.8 Å². The number of ether oxygens (including phenoxy) is 1. The fourth-order valence-corrected chi connectivity index (χ4v) is 1.37. The van der Waals surface area contributed by atoms with Crippen molar-refractivity contribution in [3.05, 3.63) is 12.3 Å². The van der Waals surface area contributed by atoms with Gasteiger partial charge in [0.05, 0.1) is 12.8 Å². The Bertz CT molecular complexity index is 490. The molecule has 1 aliphatic rings. The highest BCUT2D eigenvalue weighted by molar-refractivity contribution is 5.42. The van der Waals surface area contributed by atoms with Gasteiger partial charge in [0.1, 0.15) is 0 Å². The Morgan fingerprint density at radius 2 is 2.33 bits per heavy atom. The molecule has 0 spiro atoms. The zero-order valence-corrected chi connectivity index (χ0v) is 8.13. The van der Waals surface area contributed by atoms with Crippen molar-refractivity contribution in [1.82, 2.24) is 19.6 Å². The van der Waals surface area contributed by atoms with Crippen LogP contribution in [0.2, 0.25) is 0 Å². The fourth-order valence-electron chi connectivity index (χ4n) is 1.37. The first kappa shape index (κ1) is 8.46. The third-order valence-corrected chi connectivity index (χ3v) is 2.41. The average Bonchev–Trinajstić information content (AvgIpc) is 2.93. The molecule has 0 aromatic carbocycles. The molecule has 2 aromatic rings. The molecule has 0 atom stereocenters. The minimum Gasteiger partial charge on any atom is -0.463 e. The van der Waals surface area contributed by atoms with Crippen LogP contribution in [0.3, 0.4) is 0 Å². The summed E-state index contributed by atoms with van der Waals surface area (Å²) in [6.07, 6.45) is 4.11. The van der Waals surface area contributed by atoms with E-state index in [4.69, 9.17) is 10.5 Å². The first-order valence-corrected chi connectivity index (χ1v) is 4.93. The summed E-state index contributed by atoms with van der Waals surface area (Å²) in [5.74, 6) is 0.978. The molecule has 1 fully saturated rings. The SMILES string of the molecule is Nc1nc(OCC2CC2)nc2ccnn12. The Morgan fingerprint density at radius 3 is 3.13 bits per heavy atom. The highest BCUT2D eigenvalue weighted by Crippen LogP contribution is 2.29. The second-order valence-electron chi connectivity index (χ2n) is 3.72. The van der Waals surface area contributed by atoms with Crippen LogP contribution in [0.4, 0.5) is 5.95 Å². The number of nitrogen functional groups attached to an aromatic ring is 1. The minimum atomic E-state index is 0.302. The number of aromatic nitrogens is 4. The van der Waals surface area contributed by atoms with Gasteiger partial charge in [0.15, 0.2) is 5.65 Å². The summed E-state index contributed by atoms with van der Waals surface area (Å²) in [5.41, 5.74) is 6.35. The van der Waals surface area contributed by atoms with Gasteiger partial charge in [0, 0.05) is 6.07 Å². The van der Waals surface area contributed by atoms with Gasteiger partial charge in [-0.3, -0.25) is 0 Å². The van der Waals surface area contributed by atoms with E-state index in [1.54, 1.807) is 12.3 Å². The van der Waals surface area contributed by atoms with Gasteiger partial charge in [-0.15, -0.1) is 0 Å². The van der Waals surface area contributed by atoms with Crippen LogP contribution in [0.25, 0.3) is 5.65 Å². The third-order valence-electron chi connectivity index (χ3n) is 2.41. The second-order valence-corrected chi connectivity index (χ2v) is 3.72. The highest BCUT2D eigenvalue weighted by Gasteiger charge is 2.22. The van der Waals surface area contributed by atoms with Crippen LogP contribution in [-0.4, -0.2) is 26.2 Å². The summed E-state index contributed by atoms with van der Waals surface area (Å²) >= 11 is 0. The quantitative estimate of drug-likeness (QED) is 0.789. The van der Waals surface area contributed by atoms with Crippen molar-refractivity contribution in [3.63, 3.8) is 0 Å². The summed E-state index contributed by atoms with van der Waals surface area (Å²) in [4.78, 5) is 8.20. The van der Waals surface area contributed by atoms with E-state index in [1.807, 2.05) is 0 Å². The summed E-state index contributed by atoms with van der Waals surface area (Å²) in [5, 5.41) is 3.98. The van der Waals surface area contributed by atoms with Gasteiger partial charge in [-0.25, -0.2) is 0 Å². The largest absolute Gasteiger partial charge is 0.463 e. The molecule has 0 unspecified atom stereocenters. The van der Waals surface area contributed by atoms with Gasteiger partial charge < -0.3 is 10.5 Å². The molecular formula is C9H11N5O. The Balaban J connectivity index is 1.89. The Hall–Kier alpha value is -1.85. The van der Waals surface area contributed by atoms with E-state index >= 15 is 0 Å². The summed E-state index contributed by atoms with van der Waals surface area (Å²) in [6.45, 7) is 0.684. The topological polar surface area (TPSA) is 78.3 Å². The zero-order valence-electron chi connectivity index (χ0n) is 8.13. The van der Waals surface area contributed by atoms with Crippen LogP contribution in [0.15, 0.2) is 12.3 Å². The molecule has 78 valence electrons. The molecule has 6 nitrogen and oxygen atoms in total. The van der Waals surface area contributed by atoms with Crippen molar-refractivity contribution >= 4 is 11.6 Å². The molecular weight excluding hydrogens is 194 g/mol. The van der Waals surface area contributed by atoms with Gasteiger partial charge in [-0.1, -0.05) is 0 Å². The van der Waals surface area contributed by atoms with E-state index in [0.29, 0.717) is 30.1 Å². The van der Waals surface area contributed by atoms with Crippen molar-refractivity contribution in [3.8, 4) is 6.01 Å². The highest BCUT2D eigenvalue weighted by atomic mass is 16.5. The van der Waals surface area contributed by atoms with Crippen molar-refractivity contribution in [2.75, 3.05) is 12.3 Å². The standard InChI is InChI=1S/C9H11N5O/c10-8-13-9(15-5-6-1-2-6)12-7-3-4-11-14(7)8/h3-4,6H,1-2,5H2,(H2,10,12,13). The van der Waals surface area contributed by atoms with Gasteiger partial charge in [-0.2, -0.15) is 19.6 Å². The van der Waals surface area contributed by atoms with E-state index in [9.17, 15) is 0 Å². The van der Waals surface area contributed by atoms with E-state index in [0.717, 1.165) is 0 Å². The minimum absolute atomic E-state index is 0.302. The second kappa shape index (κ2) is 3.08. The van der Waals surface area contributed by atoms with Gasteiger partial charge >= 0.3 is 6.01 Å². The lowest BCUT2D eigenvalue weighted by Gasteiger charge is -2.04. The Kier molecular flexibility index (Phi) is 1.74. The summed E-state index contributed by atoms with van der Waals surface area (Å²) in [7, 11) is 0. The lowest BCUT2D eigenvalue weighted by molar-refractivity contribution is 0.276. The number of hydrogen-bond donors (Lipinski definition) is 1. The molecule has 0 amide bonds. The molecule has 0 bridgehead atoms. The Labute approximate surface area is 86.1 Å². The average molecular weight is 205 g/mol. The fraction of sp³-hybridized carbons (Fsp3) is 0.444. The number of nitrogens with zero attached hydrogens (tertiary/aromatic N) is 4. The molecule has 0 saturated heterocycles. The molecule has 2 aromatic heterocycles. The number of rotatable bonds is 3. The van der Waals surface area contributed by atoms with Crippen LogP contribution in [0.1, 0.15) is 12.8 Å². The maximum absolute atomic E-state index is 5.69. The summed E-state index contributed by atoms with van der Waals surface area (Å²) < 4.78 is 6.92. The van der Waals surface area contributed by atoms with Gasteiger partial charge in [0.2, 0.25) is 5.95 Å². The maximum Gasteiger partial charge on any atom is 0.321 e. The predicted molar refractivity (Wildman–Crippen MR) is 53.4 cm³/mol. The number of fused-ring (bicyclic) bond motifs is 1. The smallest absolute Gasteiger partial charge is 0.321 e. The molecule has 2 heterocycles. The van der Waals surface area contributed by atoms with E-state index in [2.05, 4.69) is 15.1 Å². The van der Waals surface area contributed by atoms with Crippen LogP contribution in [-0.2, 0) is 0 Å². The van der Waals surface area contributed by atoms with Crippen LogP contribution >= 0.6 is 0 Å². The van der Waals surface area contributed by atoms with E-state index in [1.165, 1.54) is 17.4 Å². The molecule has 3 rings (SSSR count). The van der Waals surface area contributed by atoms with E-state index < -0.39 is 0 Å². The number of hydrogen-bond acceptors (Lipinski definition) is 5. The summed E-state index contributed by atoms with van der Waals surface area (Å²) in [6, 6.07) is 2.11. The van der Waals surface area contributed by atoms with Crippen LogP contribution < -0.4 is 10.5 Å². The van der Waals surface area contributed by atoms with E-state index in [-0.39, 0.29) is 0 Å². The molecule has 1 aliphatic carbocycles. The molecule has 2 N–H and O–H groups in total. The van der Waals surface area contributed by atoms with Gasteiger partial charge in [0.25, 0.3) is 0 Å². The zero-order chi connectivity index (χ0) is 10.3. The van der Waals surface area contributed by atoms with Crippen molar-refractivity contribution in [1.29, 1.82) is 0 Å². The Morgan fingerprint density at radius 1 is 1.47 bits per heavy atom. The van der Waals surface area contributed by atoms with Crippen LogP contribution in [0.5, 0.6) is 6.01 Å². The maximum atomic E-state index is 5.69. The number of nitrogens with two attached hydrogens (primary N) is 1. The van der Waals surface area contributed by atoms with Crippen molar-refractivity contribution in [2.45, 2.75) is 12.8 Å². The first-order chi connectivity index (χ1) is 7.33. The first-order valence-electron chi connectivity index (χ1n) is 4.93. The number of anilines is 1. The third kappa shape index (κ3) is 1.58. The predicted octanol–water partition coefficient (Wildman–Crippen LogP) is 0.495. The van der Waals surface area contributed by atoms with Crippen molar-refractivity contribution < 1.29 is 4.74 Å².